The number of nitriles is 1. The van der Waals surface area contributed by atoms with Crippen molar-refractivity contribution in [3.05, 3.63) is 59.3 Å². The Balaban J connectivity index is 1.59. The number of anilines is 1. The number of halogens is 2. The van der Waals surface area contributed by atoms with Crippen molar-refractivity contribution in [1.82, 2.24) is 14.8 Å². The van der Waals surface area contributed by atoms with Crippen molar-refractivity contribution < 1.29 is 18.4 Å². The summed E-state index contributed by atoms with van der Waals surface area (Å²) in [5.74, 6) is -2.62. The fourth-order valence-electron chi connectivity index (χ4n) is 4.24. The smallest absolute Gasteiger partial charge is 0.270 e. The summed E-state index contributed by atoms with van der Waals surface area (Å²) in [6.07, 6.45) is 1.47. The molecule has 166 valence electrons. The molecule has 32 heavy (non-hydrogen) atoms. The molecule has 0 bridgehead atoms. The van der Waals surface area contributed by atoms with Crippen molar-refractivity contribution in [1.29, 1.82) is 5.26 Å². The first-order valence-electron chi connectivity index (χ1n) is 10.4. The minimum absolute atomic E-state index is 0.00266. The number of hydrogen-bond acceptors (Lipinski definition) is 5. The number of benzene rings is 1. The summed E-state index contributed by atoms with van der Waals surface area (Å²) in [6.45, 7) is 3.80. The van der Waals surface area contributed by atoms with Gasteiger partial charge in [-0.3, -0.25) is 9.59 Å². The van der Waals surface area contributed by atoms with Crippen molar-refractivity contribution in [2.75, 3.05) is 31.1 Å². The van der Waals surface area contributed by atoms with E-state index in [1.165, 1.54) is 18.3 Å². The monoisotopic (exact) mass is 439 g/mol. The van der Waals surface area contributed by atoms with Gasteiger partial charge in [-0.1, -0.05) is 24.3 Å². The summed E-state index contributed by atoms with van der Waals surface area (Å²) in [6, 6.07) is 11.2. The van der Waals surface area contributed by atoms with E-state index < -0.39 is 11.5 Å². The van der Waals surface area contributed by atoms with Gasteiger partial charge in [0.15, 0.2) is 5.54 Å². The molecule has 3 heterocycles. The van der Waals surface area contributed by atoms with Gasteiger partial charge in [0.25, 0.3) is 11.8 Å². The van der Waals surface area contributed by atoms with Crippen LogP contribution in [-0.4, -0.2) is 58.3 Å². The number of aromatic nitrogens is 1. The van der Waals surface area contributed by atoms with Crippen LogP contribution in [0.1, 0.15) is 30.5 Å². The molecule has 2 saturated heterocycles. The lowest BCUT2D eigenvalue weighted by Crippen LogP contribution is -2.80. The van der Waals surface area contributed by atoms with E-state index in [1.54, 1.807) is 34.1 Å². The molecule has 0 radical (unpaired) electrons. The number of hydrogen-bond donors (Lipinski definition) is 0. The van der Waals surface area contributed by atoms with Crippen LogP contribution in [0.5, 0.6) is 0 Å². The second-order valence-corrected chi connectivity index (χ2v) is 8.29. The highest BCUT2D eigenvalue weighted by atomic mass is 19.3. The highest BCUT2D eigenvalue weighted by Gasteiger charge is 2.59. The van der Waals surface area contributed by atoms with Crippen molar-refractivity contribution in [2.45, 2.75) is 31.9 Å². The standard InChI is InChI=1S/C23H23F2N5O2/c1-3-28-13-20(31)30(12-16-4-7-18(8-5-16)22(2,24)25)23(21(28)32)14-29(15-23)19-9-6-17(10-26)11-27-19/h4-9,11H,3,12-15H2,1-2H3. The van der Waals surface area contributed by atoms with E-state index >= 15 is 0 Å². The molecule has 2 fully saturated rings. The molecule has 0 N–H and O–H groups in total. The van der Waals surface area contributed by atoms with E-state index in [0.29, 0.717) is 23.5 Å². The van der Waals surface area contributed by atoms with Gasteiger partial charge in [-0.25, -0.2) is 13.8 Å². The first kappa shape index (κ1) is 21.7. The van der Waals surface area contributed by atoms with Crippen LogP contribution in [0.25, 0.3) is 0 Å². The minimum atomic E-state index is -2.94. The topological polar surface area (TPSA) is 80.5 Å². The first-order chi connectivity index (χ1) is 15.2. The predicted molar refractivity (Wildman–Crippen MR) is 113 cm³/mol. The Morgan fingerprint density at radius 2 is 1.84 bits per heavy atom. The summed E-state index contributed by atoms with van der Waals surface area (Å²) >= 11 is 0. The molecule has 0 atom stereocenters. The van der Waals surface area contributed by atoms with E-state index in [9.17, 15) is 18.4 Å². The van der Waals surface area contributed by atoms with Crippen molar-refractivity contribution in [3.8, 4) is 6.07 Å². The highest BCUT2D eigenvalue weighted by molar-refractivity contribution is 6.00. The van der Waals surface area contributed by atoms with E-state index in [1.807, 2.05) is 17.9 Å². The average Bonchev–Trinajstić information content (AvgIpc) is 2.75. The molecule has 1 aromatic carbocycles. The van der Waals surface area contributed by atoms with Crippen LogP contribution in [0.2, 0.25) is 0 Å². The van der Waals surface area contributed by atoms with Gasteiger partial charge in [0.2, 0.25) is 5.91 Å². The average molecular weight is 439 g/mol. The lowest BCUT2D eigenvalue weighted by Gasteiger charge is -2.58. The summed E-state index contributed by atoms with van der Waals surface area (Å²) in [5.41, 5.74) is -0.0176. The number of piperazine rings is 1. The molecule has 2 aliphatic rings. The molecule has 1 aromatic heterocycles. The van der Waals surface area contributed by atoms with Crippen molar-refractivity contribution >= 4 is 17.6 Å². The lowest BCUT2D eigenvalue weighted by molar-refractivity contribution is -0.168. The van der Waals surface area contributed by atoms with Gasteiger partial charge in [-0.2, -0.15) is 5.26 Å². The van der Waals surface area contributed by atoms with Gasteiger partial charge in [0.05, 0.1) is 25.2 Å². The zero-order valence-electron chi connectivity index (χ0n) is 17.9. The predicted octanol–water partition coefficient (Wildman–Crippen LogP) is 2.51. The number of likely N-dealkylation sites (N-methyl/N-ethyl adjacent to an activating group) is 1. The quantitative estimate of drug-likeness (QED) is 0.715. The Labute approximate surface area is 184 Å². The molecular formula is C23H23F2N5O2. The number of carbonyl (C=O) groups is 2. The normalized spacial score (nSPS) is 18.0. The highest BCUT2D eigenvalue weighted by Crippen LogP contribution is 2.37. The SMILES string of the molecule is CCN1CC(=O)N(Cc2ccc(C(C)(F)F)cc2)C2(CN(c3ccc(C#N)cn3)C2)C1=O. The first-order valence-corrected chi connectivity index (χ1v) is 10.4. The van der Waals surface area contributed by atoms with Crippen LogP contribution >= 0.6 is 0 Å². The largest absolute Gasteiger partial charge is 0.351 e. The third-order valence-corrected chi connectivity index (χ3v) is 6.12. The van der Waals surface area contributed by atoms with E-state index in [4.69, 9.17) is 5.26 Å². The van der Waals surface area contributed by atoms with E-state index in [2.05, 4.69) is 4.98 Å². The minimum Gasteiger partial charge on any atom is -0.351 e. The van der Waals surface area contributed by atoms with Crippen molar-refractivity contribution in [2.24, 2.45) is 0 Å². The molecule has 0 unspecified atom stereocenters. The Hall–Kier alpha value is -3.54. The Kier molecular flexibility index (Phi) is 5.33. The third-order valence-electron chi connectivity index (χ3n) is 6.12. The molecule has 9 heteroatoms. The molecule has 0 saturated carbocycles. The van der Waals surface area contributed by atoms with Gasteiger partial charge in [-0.15, -0.1) is 0 Å². The summed E-state index contributed by atoms with van der Waals surface area (Å²) in [7, 11) is 0. The number of amides is 2. The number of rotatable bonds is 5. The number of pyridine rings is 1. The Morgan fingerprint density at radius 3 is 2.38 bits per heavy atom. The second kappa shape index (κ2) is 7.86. The molecule has 4 rings (SSSR count). The van der Waals surface area contributed by atoms with Crippen LogP contribution in [-0.2, 0) is 22.1 Å². The summed E-state index contributed by atoms with van der Waals surface area (Å²) in [5, 5.41) is 8.95. The summed E-state index contributed by atoms with van der Waals surface area (Å²) < 4.78 is 27.1. The van der Waals surface area contributed by atoms with Crippen LogP contribution in [0.4, 0.5) is 14.6 Å². The zero-order valence-corrected chi connectivity index (χ0v) is 17.9. The number of nitrogens with zero attached hydrogens (tertiary/aromatic N) is 5. The molecule has 2 amide bonds. The van der Waals surface area contributed by atoms with E-state index in [0.717, 1.165) is 6.92 Å². The van der Waals surface area contributed by atoms with Gasteiger partial charge in [0.1, 0.15) is 11.9 Å². The van der Waals surface area contributed by atoms with Crippen molar-refractivity contribution in [3.63, 3.8) is 0 Å². The van der Waals surface area contributed by atoms with Gasteiger partial charge < -0.3 is 14.7 Å². The zero-order chi connectivity index (χ0) is 23.1. The number of alkyl halides is 2. The van der Waals surface area contributed by atoms with Gasteiger partial charge in [-0.05, 0) is 24.6 Å². The molecule has 1 spiro atoms. The fourth-order valence-corrected chi connectivity index (χ4v) is 4.24. The number of carbonyl (C=O) groups excluding carboxylic acids is 2. The maximum atomic E-state index is 13.5. The summed E-state index contributed by atoms with van der Waals surface area (Å²) in [4.78, 5) is 35.6. The second-order valence-electron chi connectivity index (χ2n) is 8.29. The molecule has 0 aliphatic carbocycles. The molecule has 7 nitrogen and oxygen atoms in total. The van der Waals surface area contributed by atoms with Crippen LogP contribution < -0.4 is 4.90 Å². The van der Waals surface area contributed by atoms with Gasteiger partial charge in [0, 0.05) is 31.8 Å². The van der Waals surface area contributed by atoms with Gasteiger partial charge >= 0.3 is 0 Å². The Bertz CT molecular complexity index is 1070. The molecule has 2 aromatic rings. The van der Waals surface area contributed by atoms with Crippen LogP contribution in [0.15, 0.2) is 42.6 Å². The maximum absolute atomic E-state index is 13.5. The maximum Gasteiger partial charge on any atom is 0.270 e. The third kappa shape index (κ3) is 3.66. The molecule has 2 aliphatic heterocycles. The Morgan fingerprint density at radius 1 is 1.16 bits per heavy atom. The van der Waals surface area contributed by atoms with Crippen LogP contribution in [0.3, 0.4) is 0 Å². The molecular weight excluding hydrogens is 416 g/mol. The van der Waals surface area contributed by atoms with Crippen LogP contribution in [0, 0.1) is 11.3 Å². The fraction of sp³-hybridized carbons (Fsp3) is 0.391. The lowest BCUT2D eigenvalue weighted by atomic mass is 9.83. The van der Waals surface area contributed by atoms with E-state index in [-0.39, 0.29) is 43.6 Å².